The molecular formula is C26H20N2. The van der Waals surface area contributed by atoms with E-state index >= 15 is 0 Å². The van der Waals surface area contributed by atoms with Crippen LogP contribution in [0, 0.1) is 6.92 Å². The van der Waals surface area contributed by atoms with Gasteiger partial charge in [-0.25, -0.2) is 4.98 Å². The van der Waals surface area contributed by atoms with Crippen molar-refractivity contribution >= 4 is 10.8 Å². The third-order valence-corrected chi connectivity index (χ3v) is 5.14. The summed E-state index contributed by atoms with van der Waals surface area (Å²) in [4.78, 5) is 8.62. The molecule has 0 aliphatic carbocycles. The molecule has 0 bridgehead atoms. The van der Waals surface area contributed by atoms with E-state index in [0.717, 1.165) is 28.3 Å². The van der Waals surface area contributed by atoms with Crippen molar-refractivity contribution in [1.82, 2.24) is 9.97 Å². The molecule has 0 radical (unpaired) electrons. The predicted molar refractivity (Wildman–Crippen MR) is 117 cm³/mol. The number of aromatic nitrogens is 2. The minimum Gasteiger partial charge on any atom is -0.337 e. The van der Waals surface area contributed by atoms with Crippen molar-refractivity contribution in [1.29, 1.82) is 0 Å². The minimum absolute atomic E-state index is 0.891. The van der Waals surface area contributed by atoms with Crippen LogP contribution in [0.3, 0.4) is 0 Å². The summed E-state index contributed by atoms with van der Waals surface area (Å²) in [7, 11) is 0. The summed E-state index contributed by atoms with van der Waals surface area (Å²) in [6.07, 6.45) is 0. The lowest BCUT2D eigenvalue weighted by atomic mass is 9.99. The Balaban J connectivity index is 1.77. The highest BCUT2D eigenvalue weighted by molar-refractivity contribution is 5.99. The second-order valence-electron chi connectivity index (χ2n) is 7.07. The van der Waals surface area contributed by atoms with E-state index in [2.05, 4.69) is 103 Å². The molecule has 2 nitrogen and oxygen atoms in total. The Bertz CT molecular complexity index is 1240. The molecule has 0 saturated heterocycles. The number of nitrogens with zero attached hydrogens (tertiary/aromatic N) is 1. The summed E-state index contributed by atoms with van der Waals surface area (Å²) >= 11 is 0. The number of hydrogen-bond acceptors (Lipinski definition) is 1. The van der Waals surface area contributed by atoms with Gasteiger partial charge in [-0.15, -0.1) is 0 Å². The molecule has 0 aliphatic heterocycles. The van der Waals surface area contributed by atoms with E-state index in [1.54, 1.807) is 0 Å². The van der Waals surface area contributed by atoms with Crippen molar-refractivity contribution < 1.29 is 0 Å². The number of hydrogen-bond donors (Lipinski definition) is 1. The Hall–Kier alpha value is -3.65. The molecule has 0 aliphatic rings. The maximum atomic E-state index is 5.01. The van der Waals surface area contributed by atoms with Crippen molar-refractivity contribution in [2.75, 3.05) is 0 Å². The third kappa shape index (κ3) is 2.89. The molecule has 0 spiro atoms. The predicted octanol–water partition coefficient (Wildman–Crippen LogP) is 6.87. The largest absolute Gasteiger partial charge is 0.337 e. The molecule has 5 rings (SSSR count). The van der Waals surface area contributed by atoms with E-state index in [-0.39, 0.29) is 0 Å². The average molecular weight is 360 g/mol. The molecule has 0 fully saturated rings. The fraction of sp³-hybridized carbons (Fsp3) is 0.0385. The van der Waals surface area contributed by atoms with E-state index < -0.39 is 0 Å². The summed E-state index contributed by atoms with van der Waals surface area (Å²) in [5.74, 6) is 0.891. The van der Waals surface area contributed by atoms with Crippen molar-refractivity contribution in [2.45, 2.75) is 6.92 Å². The summed E-state index contributed by atoms with van der Waals surface area (Å²) in [6.45, 7) is 2.10. The van der Waals surface area contributed by atoms with Gasteiger partial charge in [-0.05, 0) is 17.7 Å². The standard InChI is InChI=1S/C26H20N2/c1-18-14-16-21(17-15-18)26-27-24(20-9-3-2-4-10-20)25(28-26)23-13-7-11-19-8-5-6-12-22(19)23/h2-17H,1H3,(H,27,28). The van der Waals surface area contributed by atoms with Crippen molar-refractivity contribution in [3.05, 3.63) is 103 Å². The van der Waals surface area contributed by atoms with Crippen LogP contribution in [-0.4, -0.2) is 9.97 Å². The molecule has 0 amide bonds. The van der Waals surface area contributed by atoms with Gasteiger partial charge in [0, 0.05) is 16.7 Å². The first-order valence-electron chi connectivity index (χ1n) is 9.50. The first-order valence-corrected chi connectivity index (χ1v) is 9.50. The van der Waals surface area contributed by atoms with Gasteiger partial charge in [-0.3, -0.25) is 0 Å². The molecule has 2 heteroatoms. The highest BCUT2D eigenvalue weighted by Crippen LogP contribution is 2.36. The third-order valence-electron chi connectivity index (χ3n) is 5.14. The molecular weight excluding hydrogens is 340 g/mol. The fourth-order valence-corrected chi connectivity index (χ4v) is 3.66. The van der Waals surface area contributed by atoms with Gasteiger partial charge in [0.05, 0.1) is 11.4 Å². The highest BCUT2D eigenvalue weighted by Gasteiger charge is 2.16. The zero-order valence-corrected chi connectivity index (χ0v) is 15.7. The van der Waals surface area contributed by atoms with E-state index in [1.807, 2.05) is 6.07 Å². The van der Waals surface area contributed by atoms with Crippen LogP contribution in [0.25, 0.3) is 44.7 Å². The SMILES string of the molecule is Cc1ccc(-c2nc(-c3ccccc3)c(-c3cccc4ccccc34)[nH]2)cc1. The topological polar surface area (TPSA) is 28.7 Å². The van der Waals surface area contributed by atoms with Gasteiger partial charge in [0.2, 0.25) is 0 Å². The molecule has 0 unspecified atom stereocenters. The van der Waals surface area contributed by atoms with Gasteiger partial charge in [0.1, 0.15) is 5.82 Å². The van der Waals surface area contributed by atoms with Gasteiger partial charge in [0.25, 0.3) is 0 Å². The molecule has 1 N–H and O–H groups in total. The lowest BCUT2D eigenvalue weighted by Gasteiger charge is -2.07. The average Bonchev–Trinajstić information content (AvgIpc) is 3.20. The van der Waals surface area contributed by atoms with E-state index in [4.69, 9.17) is 4.98 Å². The Morgan fingerprint density at radius 2 is 1.36 bits per heavy atom. The van der Waals surface area contributed by atoms with Gasteiger partial charge >= 0.3 is 0 Å². The minimum atomic E-state index is 0.891. The zero-order chi connectivity index (χ0) is 18.9. The van der Waals surface area contributed by atoms with Crippen LogP contribution < -0.4 is 0 Å². The molecule has 28 heavy (non-hydrogen) atoms. The Morgan fingerprint density at radius 3 is 2.18 bits per heavy atom. The number of H-pyrrole nitrogens is 1. The second-order valence-corrected chi connectivity index (χ2v) is 7.07. The molecule has 5 aromatic rings. The van der Waals surface area contributed by atoms with Crippen LogP contribution in [0.1, 0.15) is 5.56 Å². The molecule has 0 atom stereocenters. The van der Waals surface area contributed by atoms with Crippen molar-refractivity contribution in [3.8, 4) is 33.9 Å². The Morgan fingerprint density at radius 1 is 0.643 bits per heavy atom. The highest BCUT2D eigenvalue weighted by atomic mass is 14.9. The van der Waals surface area contributed by atoms with Crippen LogP contribution in [0.4, 0.5) is 0 Å². The van der Waals surface area contributed by atoms with Crippen LogP contribution in [0.5, 0.6) is 0 Å². The van der Waals surface area contributed by atoms with E-state index in [9.17, 15) is 0 Å². The van der Waals surface area contributed by atoms with Gasteiger partial charge < -0.3 is 4.98 Å². The molecule has 0 saturated carbocycles. The fourth-order valence-electron chi connectivity index (χ4n) is 3.66. The molecule has 4 aromatic carbocycles. The molecule has 1 aromatic heterocycles. The van der Waals surface area contributed by atoms with E-state index in [0.29, 0.717) is 0 Å². The number of nitrogens with one attached hydrogen (secondary N) is 1. The normalized spacial score (nSPS) is 11.0. The number of rotatable bonds is 3. The Kier molecular flexibility index (Phi) is 4.02. The van der Waals surface area contributed by atoms with Crippen molar-refractivity contribution in [2.24, 2.45) is 0 Å². The maximum Gasteiger partial charge on any atom is 0.138 e. The first-order chi connectivity index (χ1) is 13.8. The van der Waals surface area contributed by atoms with Gasteiger partial charge in [-0.2, -0.15) is 0 Å². The number of fused-ring (bicyclic) bond motifs is 1. The van der Waals surface area contributed by atoms with E-state index in [1.165, 1.54) is 21.9 Å². The number of imidazole rings is 1. The summed E-state index contributed by atoms with van der Waals surface area (Å²) in [5.41, 5.74) is 6.65. The second kappa shape index (κ2) is 6.82. The van der Waals surface area contributed by atoms with Crippen LogP contribution in [-0.2, 0) is 0 Å². The Labute approximate surface area is 164 Å². The van der Waals surface area contributed by atoms with Crippen LogP contribution in [0.15, 0.2) is 97.1 Å². The van der Waals surface area contributed by atoms with Gasteiger partial charge in [-0.1, -0.05) is 103 Å². The number of aromatic amines is 1. The van der Waals surface area contributed by atoms with Gasteiger partial charge in [0.15, 0.2) is 0 Å². The smallest absolute Gasteiger partial charge is 0.138 e. The van der Waals surface area contributed by atoms with Crippen LogP contribution in [0.2, 0.25) is 0 Å². The molecule has 1 heterocycles. The summed E-state index contributed by atoms with van der Waals surface area (Å²) in [6, 6.07) is 33.8. The lowest BCUT2D eigenvalue weighted by Crippen LogP contribution is -1.85. The zero-order valence-electron chi connectivity index (χ0n) is 15.7. The number of benzene rings is 4. The quantitative estimate of drug-likeness (QED) is 0.373. The molecule has 134 valence electrons. The maximum absolute atomic E-state index is 5.01. The summed E-state index contributed by atoms with van der Waals surface area (Å²) < 4.78 is 0. The monoisotopic (exact) mass is 360 g/mol. The van der Waals surface area contributed by atoms with Crippen molar-refractivity contribution in [3.63, 3.8) is 0 Å². The summed E-state index contributed by atoms with van der Waals surface area (Å²) in [5, 5.41) is 2.45. The van der Waals surface area contributed by atoms with Crippen LogP contribution >= 0.6 is 0 Å². The first kappa shape index (κ1) is 16.5. The lowest BCUT2D eigenvalue weighted by molar-refractivity contribution is 1.30. The number of aryl methyl sites for hydroxylation is 1.